The first-order valence-corrected chi connectivity index (χ1v) is 8.44. The van der Waals surface area contributed by atoms with Crippen molar-refractivity contribution in [2.24, 2.45) is 4.99 Å². The van der Waals surface area contributed by atoms with Crippen molar-refractivity contribution in [3.8, 4) is 0 Å². The van der Waals surface area contributed by atoms with Crippen LogP contribution in [0.3, 0.4) is 0 Å². The van der Waals surface area contributed by atoms with Gasteiger partial charge in [0.25, 0.3) is 0 Å². The van der Waals surface area contributed by atoms with Crippen molar-refractivity contribution in [2.45, 2.75) is 53.1 Å². The SMILES string of the molecule is CN=C(NCc1ncc(C(C)(C)C)o1)NCc1sc(C)nc1C. The molecule has 2 rings (SSSR count). The maximum absolute atomic E-state index is 5.76. The third kappa shape index (κ3) is 4.79. The summed E-state index contributed by atoms with van der Waals surface area (Å²) < 4.78 is 5.76. The number of oxazole rings is 1. The summed E-state index contributed by atoms with van der Waals surface area (Å²) in [4.78, 5) is 14.2. The van der Waals surface area contributed by atoms with Gasteiger partial charge in [0.05, 0.1) is 30.0 Å². The van der Waals surface area contributed by atoms with E-state index in [1.54, 1.807) is 24.6 Å². The number of rotatable bonds is 4. The molecule has 0 amide bonds. The van der Waals surface area contributed by atoms with E-state index < -0.39 is 0 Å². The summed E-state index contributed by atoms with van der Waals surface area (Å²) in [6, 6.07) is 0. The summed E-state index contributed by atoms with van der Waals surface area (Å²) in [5.74, 6) is 2.25. The Bertz CT molecular complexity index is 681. The molecule has 0 saturated carbocycles. The van der Waals surface area contributed by atoms with Crippen LogP contribution < -0.4 is 10.6 Å². The average molecular weight is 335 g/mol. The molecule has 0 aromatic carbocycles. The Morgan fingerprint density at radius 3 is 2.48 bits per heavy atom. The predicted octanol–water partition coefficient (Wildman–Crippen LogP) is 2.91. The van der Waals surface area contributed by atoms with Crippen LogP contribution in [0.5, 0.6) is 0 Å². The number of nitrogens with one attached hydrogen (secondary N) is 2. The molecule has 0 aliphatic heterocycles. The number of thiazole rings is 1. The molecule has 2 aromatic heterocycles. The fraction of sp³-hybridized carbons (Fsp3) is 0.562. The highest BCUT2D eigenvalue weighted by Crippen LogP contribution is 2.22. The van der Waals surface area contributed by atoms with E-state index in [0.717, 1.165) is 16.5 Å². The molecule has 0 aliphatic carbocycles. The molecule has 2 heterocycles. The van der Waals surface area contributed by atoms with Crippen LogP contribution in [0, 0.1) is 13.8 Å². The fourth-order valence-corrected chi connectivity index (χ4v) is 2.90. The van der Waals surface area contributed by atoms with Crippen molar-refractivity contribution in [3.63, 3.8) is 0 Å². The standard InChI is InChI=1S/C16H25N5OS/c1-10-12(23-11(2)21-10)7-19-15(17-6)20-9-14-18-8-13(22-14)16(3,4)5/h8H,7,9H2,1-6H3,(H2,17,19,20). The molecule has 0 unspecified atom stereocenters. The van der Waals surface area contributed by atoms with Gasteiger partial charge in [-0.1, -0.05) is 20.8 Å². The number of hydrogen-bond acceptors (Lipinski definition) is 5. The van der Waals surface area contributed by atoms with Crippen LogP contribution >= 0.6 is 11.3 Å². The lowest BCUT2D eigenvalue weighted by Gasteiger charge is -2.13. The van der Waals surface area contributed by atoms with Gasteiger partial charge in [0.2, 0.25) is 5.89 Å². The van der Waals surface area contributed by atoms with Gasteiger partial charge in [-0.15, -0.1) is 11.3 Å². The van der Waals surface area contributed by atoms with Gasteiger partial charge in [0, 0.05) is 17.3 Å². The van der Waals surface area contributed by atoms with Crippen LogP contribution in [0.2, 0.25) is 0 Å². The second-order valence-corrected chi connectivity index (χ2v) is 7.68. The van der Waals surface area contributed by atoms with Gasteiger partial charge < -0.3 is 15.1 Å². The molecule has 2 aromatic rings. The minimum Gasteiger partial charge on any atom is -0.443 e. The van der Waals surface area contributed by atoms with E-state index in [2.05, 4.69) is 46.4 Å². The number of aromatic nitrogens is 2. The maximum atomic E-state index is 5.76. The minimum absolute atomic E-state index is 0.0350. The first-order valence-electron chi connectivity index (χ1n) is 7.62. The third-order valence-electron chi connectivity index (χ3n) is 3.34. The Labute approximate surface area is 141 Å². The Hall–Kier alpha value is -1.89. The van der Waals surface area contributed by atoms with E-state index in [9.17, 15) is 0 Å². The van der Waals surface area contributed by atoms with E-state index in [0.29, 0.717) is 24.9 Å². The minimum atomic E-state index is -0.0350. The van der Waals surface area contributed by atoms with Gasteiger partial charge in [0.15, 0.2) is 5.96 Å². The smallest absolute Gasteiger partial charge is 0.213 e. The molecule has 23 heavy (non-hydrogen) atoms. The highest BCUT2D eigenvalue weighted by molar-refractivity contribution is 7.11. The van der Waals surface area contributed by atoms with E-state index >= 15 is 0 Å². The summed E-state index contributed by atoms with van der Waals surface area (Å²) in [6.07, 6.45) is 1.79. The van der Waals surface area contributed by atoms with E-state index in [1.807, 2.05) is 13.8 Å². The van der Waals surface area contributed by atoms with Gasteiger partial charge in [-0.05, 0) is 13.8 Å². The van der Waals surface area contributed by atoms with Crippen LogP contribution in [-0.2, 0) is 18.5 Å². The predicted molar refractivity (Wildman–Crippen MR) is 93.8 cm³/mol. The monoisotopic (exact) mass is 335 g/mol. The van der Waals surface area contributed by atoms with Crippen molar-refractivity contribution >= 4 is 17.3 Å². The molecule has 0 spiro atoms. The van der Waals surface area contributed by atoms with Gasteiger partial charge >= 0.3 is 0 Å². The zero-order chi connectivity index (χ0) is 17.0. The van der Waals surface area contributed by atoms with E-state index in [1.165, 1.54) is 4.88 Å². The zero-order valence-corrected chi connectivity index (χ0v) is 15.5. The van der Waals surface area contributed by atoms with Crippen LogP contribution in [0.25, 0.3) is 0 Å². The number of aliphatic imine (C=N–C) groups is 1. The van der Waals surface area contributed by atoms with Crippen LogP contribution in [0.15, 0.2) is 15.6 Å². The van der Waals surface area contributed by atoms with Crippen LogP contribution in [0.1, 0.15) is 48.0 Å². The topological polar surface area (TPSA) is 75.3 Å². The normalized spacial score (nSPS) is 12.5. The molecule has 0 bridgehead atoms. The van der Waals surface area contributed by atoms with Crippen LogP contribution in [0.4, 0.5) is 0 Å². The van der Waals surface area contributed by atoms with Crippen molar-refractivity contribution in [1.82, 2.24) is 20.6 Å². The molecule has 2 N–H and O–H groups in total. The maximum Gasteiger partial charge on any atom is 0.213 e. The number of guanidine groups is 1. The van der Waals surface area contributed by atoms with Gasteiger partial charge in [-0.25, -0.2) is 9.97 Å². The van der Waals surface area contributed by atoms with Crippen molar-refractivity contribution in [1.29, 1.82) is 0 Å². The Balaban J connectivity index is 1.88. The molecule has 6 nitrogen and oxygen atoms in total. The molecule has 0 aliphatic rings. The first kappa shape index (κ1) is 17.5. The van der Waals surface area contributed by atoms with Gasteiger partial charge in [0.1, 0.15) is 5.76 Å². The second-order valence-electron chi connectivity index (χ2n) is 6.39. The van der Waals surface area contributed by atoms with Gasteiger partial charge in [-0.2, -0.15) is 0 Å². The van der Waals surface area contributed by atoms with E-state index in [-0.39, 0.29) is 5.41 Å². The summed E-state index contributed by atoms with van der Waals surface area (Å²) in [7, 11) is 1.75. The summed E-state index contributed by atoms with van der Waals surface area (Å²) in [6.45, 7) is 11.5. The largest absolute Gasteiger partial charge is 0.443 e. The highest BCUT2D eigenvalue weighted by Gasteiger charge is 2.19. The zero-order valence-electron chi connectivity index (χ0n) is 14.6. The van der Waals surface area contributed by atoms with E-state index in [4.69, 9.17) is 4.42 Å². The summed E-state index contributed by atoms with van der Waals surface area (Å²) in [5, 5.41) is 7.58. The van der Waals surface area contributed by atoms with Crippen molar-refractivity contribution in [3.05, 3.63) is 33.4 Å². The highest BCUT2D eigenvalue weighted by atomic mass is 32.1. The molecule has 0 saturated heterocycles. The molecular formula is C16H25N5OS. The number of aryl methyl sites for hydroxylation is 2. The summed E-state index contributed by atoms with van der Waals surface area (Å²) >= 11 is 1.70. The third-order valence-corrected chi connectivity index (χ3v) is 4.41. The Kier molecular flexibility index (Phi) is 5.41. The van der Waals surface area contributed by atoms with Gasteiger partial charge in [-0.3, -0.25) is 4.99 Å². The number of nitrogens with zero attached hydrogens (tertiary/aromatic N) is 3. The molecular weight excluding hydrogens is 310 g/mol. The lowest BCUT2D eigenvalue weighted by molar-refractivity contribution is 0.379. The Morgan fingerprint density at radius 1 is 1.26 bits per heavy atom. The number of hydrogen-bond donors (Lipinski definition) is 2. The quantitative estimate of drug-likeness (QED) is 0.664. The van der Waals surface area contributed by atoms with Crippen LogP contribution in [-0.4, -0.2) is 23.0 Å². The molecule has 0 radical (unpaired) electrons. The second kappa shape index (κ2) is 7.12. The van der Waals surface area contributed by atoms with Crippen molar-refractivity contribution in [2.75, 3.05) is 7.05 Å². The average Bonchev–Trinajstić information content (AvgIpc) is 3.05. The molecule has 0 fully saturated rings. The summed E-state index contributed by atoms with van der Waals surface area (Å²) in [5.41, 5.74) is 1.03. The lowest BCUT2D eigenvalue weighted by Crippen LogP contribution is -2.36. The lowest BCUT2D eigenvalue weighted by atomic mass is 9.94. The van der Waals surface area contributed by atoms with Crippen molar-refractivity contribution < 1.29 is 4.42 Å². The fourth-order valence-electron chi connectivity index (χ4n) is 2.02. The molecule has 0 atom stereocenters. The molecule has 7 heteroatoms. The Morgan fingerprint density at radius 2 is 1.96 bits per heavy atom. The molecule has 126 valence electrons. The first-order chi connectivity index (χ1) is 10.8.